The number of ketones is 1. The molecule has 0 bridgehead atoms. The summed E-state index contributed by atoms with van der Waals surface area (Å²) >= 11 is 0. The summed E-state index contributed by atoms with van der Waals surface area (Å²) in [6.45, 7) is 3.91. The molecule has 25 heavy (non-hydrogen) atoms. The maximum atomic E-state index is 12.3. The maximum absolute atomic E-state index is 12.3. The number of benzene rings is 2. The zero-order valence-electron chi connectivity index (χ0n) is 14.7. The Kier molecular flexibility index (Phi) is 4.45. The van der Waals surface area contributed by atoms with E-state index in [0.29, 0.717) is 5.56 Å². The van der Waals surface area contributed by atoms with Gasteiger partial charge in [0.2, 0.25) is 0 Å². The Hall–Kier alpha value is -2.88. The van der Waals surface area contributed by atoms with Crippen molar-refractivity contribution in [3.8, 4) is 0 Å². The Balaban J connectivity index is 1.73. The van der Waals surface area contributed by atoms with E-state index >= 15 is 0 Å². The van der Waals surface area contributed by atoms with E-state index in [2.05, 4.69) is 19.9 Å². The second kappa shape index (κ2) is 6.55. The van der Waals surface area contributed by atoms with Gasteiger partial charge >= 0.3 is 5.97 Å². The number of fused-ring (bicyclic) bond motifs is 1. The van der Waals surface area contributed by atoms with Gasteiger partial charge in [0.25, 0.3) is 0 Å². The highest BCUT2D eigenvalue weighted by Gasteiger charge is 2.38. The van der Waals surface area contributed by atoms with Crippen LogP contribution in [-0.4, -0.2) is 25.4 Å². The molecule has 0 amide bonds. The average molecular weight is 335 g/mol. The first kappa shape index (κ1) is 17.0. The number of allylic oxidation sites excluding steroid dienone is 1. The smallest absolute Gasteiger partial charge is 0.338 e. The first-order valence-electron chi connectivity index (χ1n) is 8.21. The molecule has 0 unspecified atom stereocenters. The molecule has 0 spiro atoms. The number of hydrogen-bond donors (Lipinski definition) is 0. The van der Waals surface area contributed by atoms with E-state index < -0.39 is 5.97 Å². The highest BCUT2D eigenvalue weighted by Crippen LogP contribution is 2.46. The number of esters is 1. The number of carbonyl (C=O) groups is 2. The molecule has 0 atom stereocenters. The molecular formula is C21H21NO3. The van der Waals surface area contributed by atoms with E-state index in [9.17, 15) is 9.59 Å². The summed E-state index contributed by atoms with van der Waals surface area (Å²) in [7, 11) is 1.95. The van der Waals surface area contributed by atoms with Crippen LogP contribution in [0.15, 0.2) is 66.4 Å². The fourth-order valence-corrected chi connectivity index (χ4v) is 3.25. The molecule has 0 saturated heterocycles. The van der Waals surface area contributed by atoms with Crippen LogP contribution in [0.3, 0.4) is 0 Å². The van der Waals surface area contributed by atoms with Crippen LogP contribution >= 0.6 is 0 Å². The van der Waals surface area contributed by atoms with E-state index in [1.807, 2.05) is 36.2 Å². The lowest BCUT2D eigenvalue weighted by Crippen LogP contribution is -2.25. The highest BCUT2D eigenvalue weighted by molar-refractivity contribution is 5.96. The monoisotopic (exact) mass is 335 g/mol. The van der Waals surface area contributed by atoms with Crippen LogP contribution in [0.25, 0.3) is 0 Å². The van der Waals surface area contributed by atoms with Gasteiger partial charge in [-0.1, -0.05) is 50.2 Å². The summed E-state index contributed by atoms with van der Waals surface area (Å²) in [5.41, 5.74) is 3.33. The van der Waals surface area contributed by atoms with Gasteiger partial charge in [-0.3, -0.25) is 4.79 Å². The minimum atomic E-state index is -0.491. The molecule has 0 radical (unpaired) electrons. The summed E-state index contributed by atoms with van der Waals surface area (Å²) in [5.74, 6) is -0.721. The molecule has 1 heterocycles. The van der Waals surface area contributed by atoms with Gasteiger partial charge in [-0.15, -0.1) is 0 Å². The van der Waals surface area contributed by atoms with Gasteiger partial charge in [-0.25, -0.2) is 4.79 Å². The molecule has 1 aliphatic heterocycles. The van der Waals surface area contributed by atoms with Gasteiger partial charge in [-0.05, 0) is 23.8 Å². The number of para-hydroxylation sites is 1. The number of rotatable bonds is 4. The average Bonchev–Trinajstić information content (AvgIpc) is 2.82. The van der Waals surface area contributed by atoms with E-state index in [1.54, 1.807) is 30.3 Å². The van der Waals surface area contributed by atoms with Crippen molar-refractivity contribution in [3.05, 3.63) is 77.5 Å². The standard InChI is InChI=1S/C21H21NO3/c1-21(2)17-11-7-8-12-18(17)22(3)19(21)13-16(23)14-25-20(24)15-9-5-4-6-10-15/h4-13H,14H2,1-3H3. The van der Waals surface area contributed by atoms with Crippen molar-refractivity contribution in [2.45, 2.75) is 19.3 Å². The fourth-order valence-electron chi connectivity index (χ4n) is 3.25. The van der Waals surface area contributed by atoms with Crippen LogP contribution in [-0.2, 0) is 14.9 Å². The summed E-state index contributed by atoms with van der Waals surface area (Å²) in [4.78, 5) is 26.3. The number of carbonyl (C=O) groups excluding carboxylic acids is 2. The largest absolute Gasteiger partial charge is 0.454 e. The Morgan fingerprint density at radius 3 is 2.36 bits per heavy atom. The van der Waals surface area contributed by atoms with Gasteiger partial charge < -0.3 is 9.64 Å². The molecule has 3 rings (SSSR count). The SMILES string of the molecule is CN1C(=CC(=O)COC(=O)c2ccccc2)C(C)(C)c2ccccc21. The second-order valence-electron chi connectivity index (χ2n) is 6.64. The van der Waals surface area contributed by atoms with Gasteiger partial charge in [0.1, 0.15) is 0 Å². The molecule has 128 valence electrons. The summed E-state index contributed by atoms with van der Waals surface area (Å²) < 4.78 is 5.13. The molecule has 2 aromatic carbocycles. The summed E-state index contributed by atoms with van der Waals surface area (Å²) in [5, 5.41) is 0. The van der Waals surface area contributed by atoms with Gasteiger partial charge in [-0.2, -0.15) is 0 Å². The normalized spacial score (nSPS) is 16.6. The predicted octanol–water partition coefficient (Wildman–Crippen LogP) is 3.72. The minimum absolute atomic E-state index is 0.230. The zero-order chi connectivity index (χ0) is 18.0. The van der Waals surface area contributed by atoms with Crippen molar-refractivity contribution in [1.82, 2.24) is 0 Å². The van der Waals surface area contributed by atoms with E-state index in [-0.39, 0.29) is 17.8 Å². The molecule has 2 aromatic rings. The van der Waals surface area contributed by atoms with Crippen LogP contribution in [0.4, 0.5) is 5.69 Å². The molecule has 1 aliphatic rings. The third-order valence-corrected chi connectivity index (χ3v) is 4.59. The van der Waals surface area contributed by atoms with Crippen molar-refractivity contribution in [3.63, 3.8) is 0 Å². The topological polar surface area (TPSA) is 46.6 Å². The predicted molar refractivity (Wildman–Crippen MR) is 97.7 cm³/mol. The van der Waals surface area contributed by atoms with E-state index in [0.717, 1.165) is 11.4 Å². The maximum Gasteiger partial charge on any atom is 0.338 e. The first-order chi connectivity index (χ1) is 11.9. The lowest BCUT2D eigenvalue weighted by molar-refractivity contribution is -0.117. The number of hydrogen-bond acceptors (Lipinski definition) is 4. The van der Waals surface area contributed by atoms with Crippen molar-refractivity contribution in [2.75, 3.05) is 18.6 Å². The molecule has 4 heteroatoms. The molecule has 0 aromatic heterocycles. The van der Waals surface area contributed by atoms with E-state index in [4.69, 9.17) is 4.74 Å². The molecule has 0 N–H and O–H groups in total. The van der Waals surface area contributed by atoms with Crippen molar-refractivity contribution >= 4 is 17.4 Å². The molecule has 4 nitrogen and oxygen atoms in total. The minimum Gasteiger partial charge on any atom is -0.454 e. The van der Waals surface area contributed by atoms with Crippen molar-refractivity contribution in [2.24, 2.45) is 0 Å². The lowest BCUT2D eigenvalue weighted by Gasteiger charge is -2.23. The van der Waals surface area contributed by atoms with Crippen LogP contribution in [0.2, 0.25) is 0 Å². The summed E-state index contributed by atoms with van der Waals surface area (Å²) in [6, 6.07) is 16.8. The Labute approximate surface area is 147 Å². The number of ether oxygens (including phenoxy) is 1. The molecule has 0 saturated carbocycles. The van der Waals surface area contributed by atoms with Gasteiger partial charge in [0.15, 0.2) is 12.4 Å². The zero-order valence-corrected chi connectivity index (χ0v) is 14.7. The first-order valence-corrected chi connectivity index (χ1v) is 8.21. The number of anilines is 1. The van der Waals surface area contributed by atoms with Gasteiger partial charge in [0, 0.05) is 29.9 Å². The van der Waals surface area contributed by atoms with Crippen molar-refractivity contribution < 1.29 is 14.3 Å². The molecular weight excluding hydrogens is 314 g/mol. The quantitative estimate of drug-likeness (QED) is 0.631. The fraction of sp³-hybridized carbons (Fsp3) is 0.238. The Bertz CT molecular complexity index is 837. The van der Waals surface area contributed by atoms with E-state index in [1.165, 1.54) is 5.56 Å². The van der Waals surface area contributed by atoms with Crippen LogP contribution in [0.1, 0.15) is 29.8 Å². The second-order valence-corrected chi connectivity index (χ2v) is 6.64. The van der Waals surface area contributed by atoms with Crippen LogP contribution < -0.4 is 4.90 Å². The highest BCUT2D eigenvalue weighted by atomic mass is 16.5. The third kappa shape index (κ3) is 3.20. The number of likely N-dealkylation sites (N-methyl/N-ethyl adjacent to an activating group) is 1. The molecule has 0 aliphatic carbocycles. The Morgan fingerprint density at radius 2 is 1.68 bits per heavy atom. The third-order valence-electron chi connectivity index (χ3n) is 4.59. The lowest BCUT2D eigenvalue weighted by atomic mass is 9.83. The van der Waals surface area contributed by atoms with Gasteiger partial charge in [0.05, 0.1) is 5.56 Å². The van der Waals surface area contributed by atoms with Crippen LogP contribution in [0.5, 0.6) is 0 Å². The van der Waals surface area contributed by atoms with Crippen molar-refractivity contribution in [1.29, 1.82) is 0 Å². The van der Waals surface area contributed by atoms with Crippen LogP contribution in [0, 0.1) is 0 Å². The number of nitrogens with zero attached hydrogens (tertiary/aromatic N) is 1. The molecule has 0 fully saturated rings. The summed E-state index contributed by atoms with van der Waals surface area (Å²) in [6.07, 6.45) is 1.58. The Morgan fingerprint density at radius 1 is 1.04 bits per heavy atom.